The van der Waals surface area contributed by atoms with Crippen molar-refractivity contribution >= 4 is 21.9 Å². The lowest BCUT2D eigenvalue weighted by Crippen LogP contribution is -2.24. The first-order chi connectivity index (χ1) is 16.3. The molecule has 0 bridgehead atoms. The third kappa shape index (κ3) is 7.57. The lowest BCUT2D eigenvalue weighted by Gasteiger charge is -2.14. The van der Waals surface area contributed by atoms with Crippen LogP contribution < -0.4 is 10.3 Å². The number of pyridine rings is 1. The Morgan fingerprint density at radius 1 is 1.26 bits per heavy atom. The second-order valence-electron chi connectivity index (χ2n) is 6.69. The summed E-state index contributed by atoms with van der Waals surface area (Å²) in [6, 6.07) is 6.71. The number of carbonyl (C=O) groups is 1. The number of halogens is 6. The number of carboxylic acids is 1. The molecular weight excluding hydrogens is 547 g/mol. The summed E-state index contributed by atoms with van der Waals surface area (Å²) in [4.78, 5) is 29.6. The van der Waals surface area contributed by atoms with E-state index in [0.717, 1.165) is 12.1 Å². The summed E-state index contributed by atoms with van der Waals surface area (Å²) >= 11 is 3.21. The van der Waals surface area contributed by atoms with Gasteiger partial charge in [0, 0.05) is 23.4 Å². The van der Waals surface area contributed by atoms with Crippen molar-refractivity contribution in [3.8, 4) is 11.8 Å². The van der Waals surface area contributed by atoms with Crippen LogP contribution in [0.1, 0.15) is 22.6 Å². The molecule has 8 nitrogen and oxygen atoms in total. The van der Waals surface area contributed by atoms with Crippen LogP contribution in [0.4, 0.5) is 22.0 Å². The van der Waals surface area contributed by atoms with Crippen molar-refractivity contribution < 1.29 is 36.6 Å². The number of aliphatic carboxylic acids is 1. The lowest BCUT2D eigenvalue weighted by atomic mass is 10.2. The van der Waals surface area contributed by atoms with E-state index in [2.05, 4.69) is 25.9 Å². The van der Waals surface area contributed by atoms with E-state index >= 15 is 0 Å². The van der Waals surface area contributed by atoms with Gasteiger partial charge in [-0.25, -0.2) is 18.6 Å². The normalized spacial score (nSPS) is 10.7. The molecule has 35 heavy (non-hydrogen) atoms. The molecule has 184 valence electrons. The van der Waals surface area contributed by atoms with Gasteiger partial charge in [0.15, 0.2) is 5.69 Å². The van der Waals surface area contributed by atoms with Crippen LogP contribution >= 0.6 is 15.9 Å². The SMILES string of the molecule is Cc1cc(OCc2ccc(F)cc2F)c(Br)c(=O)n1Cc1cncc(C#N)n1.O=C(O)C(F)(F)F. The van der Waals surface area contributed by atoms with Gasteiger partial charge in [-0.3, -0.25) is 9.78 Å². The fourth-order valence-electron chi connectivity index (χ4n) is 2.51. The van der Waals surface area contributed by atoms with E-state index in [0.29, 0.717) is 11.4 Å². The largest absolute Gasteiger partial charge is 0.490 e. The minimum Gasteiger partial charge on any atom is -0.487 e. The minimum atomic E-state index is -5.08. The Hall–Kier alpha value is -3.86. The highest BCUT2D eigenvalue weighted by molar-refractivity contribution is 9.10. The number of benzene rings is 1. The summed E-state index contributed by atoms with van der Waals surface area (Å²) in [5.41, 5.74) is 0.978. The van der Waals surface area contributed by atoms with Gasteiger partial charge in [0.05, 0.1) is 24.6 Å². The first-order valence-corrected chi connectivity index (χ1v) is 10.1. The highest BCUT2D eigenvalue weighted by Crippen LogP contribution is 2.24. The quantitative estimate of drug-likeness (QED) is 0.466. The predicted molar refractivity (Wildman–Crippen MR) is 113 cm³/mol. The maximum absolute atomic E-state index is 13.7. The zero-order valence-electron chi connectivity index (χ0n) is 17.6. The standard InChI is InChI=1S/C19H13BrF2N4O2.C2HF3O2/c1-11-4-17(28-10-12-2-3-13(21)5-16(12)22)18(20)19(27)26(11)9-15-8-24-7-14(6-23)25-15;3-2(4,5)1(6)7/h2-5,7-8H,9-10H2,1H3;(H,6,7). The number of aromatic nitrogens is 3. The van der Waals surface area contributed by atoms with Gasteiger partial charge in [0.25, 0.3) is 5.56 Å². The van der Waals surface area contributed by atoms with E-state index in [9.17, 15) is 26.7 Å². The van der Waals surface area contributed by atoms with Crippen LogP contribution in [0, 0.1) is 29.9 Å². The van der Waals surface area contributed by atoms with E-state index in [4.69, 9.17) is 19.9 Å². The Morgan fingerprint density at radius 3 is 2.49 bits per heavy atom. The van der Waals surface area contributed by atoms with Gasteiger partial charge in [0.2, 0.25) is 0 Å². The third-order valence-electron chi connectivity index (χ3n) is 4.17. The van der Waals surface area contributed by atoms with Gasteiger partial charge in [-0.05, 0) is 35.0 Å². The molecule has 0 aliphatic carbocycles. The smallest absolute Gasteiger partial charge is 0.487 e. The molecule has 0 aliphatic rings. The number of nitriles is 1. The van der Waals surface area contributed by atoms with Crippen LogP contribution in [0.25, 0.3) is 0 Å². The Balaban J connectivity index is 0.000000540. The number of aryl methyl sites for hydroxylation is 1. The second kappa shape index (κ2) is 11.5. The molecule has 2 aromatic heterocycles. The molecule has 14 heteroatoms. The van der Waals surface area contributed by atoms with Crippen LogP contribution in [-0.2, 0) is 17.9 Å². The molecule has 1 N–H and O–H groups in total. The summed E-state index contributed by atoms with van der Waals surface area (Å²) in [5, 5.41) is 16.0. The maximum Gasteiger partial charge on any atom is 0.490 e. The zero-order chi connectivity index (χ0) is 26.3. The molecule has 0 atom stereocenters. The fourth-order valence-corrected chi connectivity index (χ4v) is 2.95. The average Bonchev–Trinajstić information content (AvgIpc) is 2.79. The molecule has 0 unspecified atom stereocenters. The first-order valence-electron chi connectivity index (χ1n) is 9.31. The number of carboxylic acid groups (broad SMARTS) is 1. The van der Waals surface area contributed by atoms with Gasteiger partial charge in [-0.2, -0.15) is 18.4 Å². The van der Waals surface area contributed by atoms with E-state index in [-0.39, 0.29) is 40.2 Å². The average molecular weight is 561 g/mol. The number of rotatable bonds is 5. The van der Waals surface area contributed by atoms with Crippen molar-refractivity contribution in [3.63, 3.8) is 0 Å². The van der Waals surface area contributed by atoms with Gasteiger partial charge in [0.1, 0.15) is 34.5 Å². The van der Waals surface area contributed by atoms with Crippen LogP contribution in [0.15, 0.2) is 45.9 Å². The van der Waals surface area contributed by atoms with Crippen molar-refractivity contribution in [1.82, 2.24) is 14.5 Å². The summed E-state index contributed by atoms with van der Waals surface area (Å²) in [7, 11) is 0. The van der Waals surface area contributed by atoms with Crippen LogP contribution in [0.2, 0.25) is 0 Å². The van der Waals surface area contributed by atoms with E-state index in [1.807, 2.05) is 6.07 Å². The molecule has 3 rings (SSSR count). The van der Waals surface area contributed by atoms with Crippen LogP contribution in [-0.4, -0.2) is 31.8 Å². The fraction of sp³-hybridized carbons (Fsp3) is 0.190. The van der Waals surface area contributed by atoms with E-state index < -0.39 is 23.8 Å². The zero-order valence-corrected chi connectivity index (χ0v) is 19.2. The Kier molecular flexibility index (Phi) is 9.01. The molecule has 0 radical (unpaired) electrons. The monoisotopic (exact) mass is 560 g/mol. The molecule has 0 spiro atoms. The molecule has 0 fully saturated rings. The number of nitrogens with zero attached hydrogens (tertiary/aromatic N) is 4. The lowest BCUT2D eigenvalue weighted by molar-refractivity contribution is -0.192. The highest BCUT2D eigenvalue weighted by atomic mass is 79.9. The van der Waals surface area contributed by atoms with Gasteiger partial charge < -0.3 is 14.4 Å². The predicted octanol–water partition coefficient (Wildman–Crippen LogP) is 4.12. The van der Waals surface area contributed by atoms with Crippen molar-refractivity contribution in [2.24, 2.45) is 0 Å². The minimum absolute atomic E-state index is 0.124. The second-order valence-corrected chi connectivity index (χ2v) is 7.48. The van der Waals surface area contributed by atoms with Gasteiger partial charge in [-0.15, -0.1) is 0 Å². The van der Waals surface area contributed by atoms with Crippen molar-refractivity contribution in [2.45, 2.75) is 26.3 Å². The molecular formula is C21H14BrF5N4O4. The van der Waals surface area contributed by atoms with Crippen LogP contribution in [0.5, 0.6) is 5.75 Å². The van der Waals surface area contributed by atoms with Crippen molar-refractivity contribution in [3.05, 3.63) is 85.8 Å². The van der Waals surface area contributed by atoms with Crippen molar-refractivity contribution in [1.29, 1.82) is 5.26 Å². The van der Waals surface area contributed by atoms with E-state index in [1.165, 1.54) is 23.0 Å². The Morgan fingerprint density at radius 2 is 1.91 bits per heavy atom. The first kappa shape index (κ1) is 27.4. The summed E-state index contributed by atoms with van der Waals surface area (Å²) in [6.07, 6.45) is -2.27. The Labute approximate surface area is 202 Å². The summed E-state index contributed by atoms with van der Waals surface area (Å²) in [5.74, 6) is -3.92. The molecule has 3 aromatic rings. The van der Waals surface area contributed by atoms with Crippen LogP contribution in [0.3, 0.4) is 0 Å². The molecule has 0 aliphatic heterocycles. The van der Waals surface area contributed by atoms with E-state index in [1.54, 1.807) is 13.0 Å². The number of hydrogen-bond donors (Lipinski definition) is 1. The molecule has 0 amide bonds. The topological polar surface area (TPSA) is 118 Å². The summed E-state index contributed by atoms with van der Waals surface area (Å²) in [6.45, 7) is 1.67. The number of hydrogen-bond acceptors (Lipinski definition) is 6. The number of alkyl halides is 3. The van der Waals surface area contributed by atoms with Gasteiger partial charge in [-0.1, -0.05) is 0 Å². The molecule has 2 heterocycles. The van der Waals surface area contributed by atoms with Crippen molar-refractivity contribution in [2.75, 3.05) is 0 Å². The maximum atomic E-state index is 13.7. The number of ether oxygens (including phenoxy) is 1. The van der Waals surface area contributed by atoms with Gasteiger partial charge >= 0.3 is 12.1 Å². The summed E-state index contributed by atoms with van der Waals surface area (Å²) < 4.78 is 65.6. The third-order valence-corrected chi connectivity index (χ3v) is 4.90. The Bertz CT molecular complexity index is 1340. The molecule has 1 aromatic carbocycles. The molecule has 0 saturated carbocycles. The molecule has 0 saturated heterocycles. The highest BCUT2D eigenvalue weighted by Gasteiger charge is 2.38.